The third kappa shape index (κ3) is 1.96. The van der Waals surface area contributed by atoms with E-state index in [1.54, 1.807) is 0 Å². The van der Waals surface area contributed by atoms with E-state index in [1.807, 2.05) is 30.3 Å². The second-order valence-corrected chi connectivity index (χ2v) is 3.51. The molecule has 1 aromatic carbocycles. The van der Waals surface area contributed by atoms with Crippen molar-refractivity contribution in [3.63, 3.8) is 0 Å². The molecule has 4 nitrogen and oxygen atoms in total. The van der Waals surface area contributed by atoms with E-state index in [9.17, 15) is 0 Å². The topological polar surface area (TPSA) is 64.5 Å². The van der Waals surface area contributed by atoms with Crippen LogP contribution in [0, 0.1) is 0 Å². The summed E-state index contributed by atoms with van der Waals surface area (Å²) in [4.78, 5) is 0. The third-order valence-electron chi connectivity index (χ3n) is 2.49. The maximum Gasteiger partial charge on any atom is 0.471 e. The van der Waals surface area contributed by atoms with Gasteiger partial charge >= 0.3 is 7.12 Å². The zero-order valence-corrected chi connectivity index (χ0v) is 7.72. The van der Waals surface area contributed by atoms with Crippen molar-refractivity contribution in [2.45, 2.75) is 18.4 Å². The molecule has 2 atom stereocenters. The van der Waals surface area contributed by atoms with E-state index in [2.05, 4.69) is 10.9 Å². The molecule has 14 heavy (non-hydrogen) atoms. The van der Waals surface area contributed by atoms with Crippen LogP contribution in [0.4, 0.5) is 0 Å². The summed E-state index contributed by atoms with van der Waals surface area (Å²) in [6.45, 7) is 0. The fourth-order valence-electron chi connectivity index (χ4n) is 1.68. The lowest BCUT2D eigenvalue weighted by atomic mass is 9.77. The van der Waals surface area contributed by atoms with E-state index < -0.39 is 7.12 Å². The predicted molar refractivity (Wildman–Crippen MR) is 54.1 cm³/mol. The minimum atomic E-state index is -1.31. The van der Waals surface area contributed by atoms with Gasteiger partial charge in [-0.2, -0.15) is 0 Å². The van der Waals surface area contributed by atoms with Crippen molar-refractivity contribution in [2.24, 2.45) is 0 Å². The first-order chi connectivity index (χ1) is 6.77. The van der Waals surface area contributed by atoms with Gasteiger partial charge in [0.1, 0.15) is 0 Å². The Morgan fingerprint density at radius 2 is 1.86 bits per heavy atom. The average Bonchev–Trinajstić information content (AvgIpc) is 2.68. The summed E-state index contributed by atoms with van der Waals surface area (Å²) >= 11 is 0. The molecule has 0 aliphatic carbocycles. The van der Waals surface area contributed by atoms with Crippen molar-refractivity contribution in [1.82, 2.24) is 10.9 Å². The maximum atomic E-state index is 8.97. The van der Waals surface area contributed by atoms with Crippen LogP contribution in [0.25, 0.3) is 0 Å². The number of nitrogens with one attached hydrogen (secondary N) is 2. The largest absolute Gasteiger partial charge is 0.471 e. The molecule has 1 saturated heterocycles. The van der Waals surface area contributed by atoms with Gasteiger partial charge in [-0.3, -0.25) is 10.9 Å². The predicted octanol–water partition coefficient (Wildman–Crippen LogP) is -0.394. The van der Waals surface area contributed by atoms with Gasteiger partial charge in [0.25, 0.3) is 0 Å². The highest BCUT2D eigenvalue weighted by molar-refractivity contribution is 6.43. The van der Waals surface area contributed by atoms with E-state index in [-0.39, 0.29) is 12.0 Å². The molecule has 1 fully saturated rings. The van der Waals surface area contributed by atoms with Gasteiger partial charge in [0.15, 0.2) is 0 Å². The fourth-order valence-corrected chi connectivity index (χ4v) is 1.68. The highest BCUT2D eigenvalue weighted by Gasteiger charge is 2.32. The third-order valence-corrected chi connectivity index (χ3v) is 2.49. The van der Waals surface area contributed by atoms with E-state index in [0.717, 1.165) is 5.56 Å². The van der Waals surface area contributed by atoms with Crippen LogP contribution in [0.15, 0.2) is 30.3 Å². The Morgan fingerprint density at radius 1 is 1.14 bits per heavy atom. The van der Waals surface area contributed by atoms with E-state index >= 15 is 0 Å². The Bertz CT molecular complexity index is 294. The molecule has 1 heterocycles. The van der Waals surface area contributed by atoms with Crippen LogP contribution >= 0.6 is 0 Å². The lowest BCUT2D eigenvalue weighted by molar-refractivity contribution is 0.376. The maximum absolute atomic E-state index is 8.97. The molecule has 1 aliphatic heterocycles. The molecule has 74 valence electrons. The van der Waals surface area contributed by atoms with Gasteiger partial charge in [-0.1, -0.05) is 30.3 Å². The Morgan fingerprint density at radius 3 is 2.43 bits per heavy atom. The number of benzene rings is 1. The average molecular weight is 192 g/mol. The van der Waals surface area contributed by atoms with Gasteiger partial charge in [-0.05, 0) is 12.0 Å². The highest BCUT2D eigenvalue weighted by Crippen LogP contribution is 2.21. The molecule has 0 spiro atoms. The lowest BCUT2D eigenvalue weighted by Gasteiger charge is -2.08. The van der Waals surface area contributed by atoms with Crippen LogP contribution in [-0.2, 0) is 0 Å². The molecule has 5 heteroatoms. The van der Waals surface area contributed by atoms with Crippen LogP contribution < -0.4 is 10.9 Å². The van der Waals surface area contributed by atoms with Gasteiger partial charge in [0.2, 0.25) is 0 Å². The van der Waals surface area contributed by atoms with E-state index in [1.165, 1.54) is 0 Å². The second kappa shape index (κ2) is 4.10. The first-order valence-corrected chi connectivity index (χ1v) is 4.69. The molecule has 4 N–H and O–H groups in total. The van der Waals surface area contributed by atoms with Crippen LogP contribution in [0.2, 0.25) is 0 Å². The molecule has 1 aliphatic rings. The lowest BCUT2D eigenvalue weighted by Crippen LogP contribution is -2.42. The van der Waals surface area contributed by atoms with E-state index in [4.69, 9.17) is 10.0 Å². The molecule has 0 radical (unpaired) electrons. The number of hydrazine groups is 1. The van der Waals surface area contributed by atoms with Gasteiger partial charge in [0.05, 0.1) is 5.94 Å². The van der Waals surface area contributed by atoms with Crippen LogP contribution in [-0.4, -0.2) is 23.1 Å². The van der Waals surface area contributed by atoms with Crippen LogP contribution in [0.3, 0.4) is 0 Å². The molecule has 0 bridgehead atoms. The minimum Gasteiger partial charge on any atom is -0.426 e. The minimum absolute atomic E-state index is 0.156. The molecule has 0 saturated carbocycles. The quantitative estimate of drug-likeness (QED) is 0.481. The molecule has 0 aromatic heterocycles. The summed E-state index contributed by atoms with van der Waals surface area (Å²) in [5.41, 5.74) is 7.04. The van der Waals surface area contributed by atoms with Crippen molar-refractivity contribution in [3.8, 4) is 0 Å². The van der Waals surface area contributed by atoms with Crippen molar-refractivity contribution >= 4 is 7.12 Å². The molecule has 0 amide bonds. The summed E-state index contributed by atoms with van der Waals surface area (Å²) in [6.07, 6.45) is 0.682. The summed E-state index contributed by atoms with van der Waals surface area (Å²) in [6, 6.07) is 10.1. The number of hydrogen-bond acceptors (Lipinski definition) is 4. The standard InChI is InChI=1S/C9H13BN2O2/c13-10(14)9-6-8(11-12-9)7-4-2-1-3-5-7/h1-5,8-9,11-14H,6H2. The second-order valence-electron chi connectivity index (χ2n) is 3.51. The number of hydrogen-bond donors (Lipinski definition) is 4. The Labute approximate surface area is 83.1 Å². The first-order valence-electron chi connectivity index (χ1n) is 4.69. The van der Waals surface area contributed by atoms with Gasteiger partial charge < -0.3 is 10.0 Å². The Balaban J connectivity index is 2.03. The zero-order valence-electron chi connectivity index (χ0n) is 7.72. The van der Waals surface area contributed by atoms with Crippen LogP contribution in [0.1, 0.15) is 18.0 Å². The van der Waals surface area contributed by atoms with Crippen LogP contribution in [0.5, 0.6) is 0 Å². The fraction of sp³-hybridized carbons (Fsp3) is 0.333. The molecule has 2 rings (SSSR count). The summed E-state index contributed by atoms with van der Waals surface area (Å²) in [7, 11) is -1.31. The molecular formula is C9H13BN2O2. The molecule has 1 aromatic rings. The Hall–Kier alpha value is -0.875. The SMILES string of the molecule is OB(O)C1CC(c2ccccc2)NN1. The highest BCUT2D eigenvalue weighted by atomic mass is 16.4. The smallest absolute Gasteiger partial charge is 0.426 e. The summed E-state index contributed by atoms with van der Waals surface area (Å²) < 4.78 is 0. The summed E-state index contributed by atoms with van der Waals surface area (Å²) in [5.74, 6) is -0.291. The summed E-state index contributed by atoms with van der Waals surface area (Å²) in [5, 5.41) is 17.9. The first kappa shape index (κ1) is 9.67. The monoisotopic (exact) mass is 192 g/mol. The number of rotatable bonds is 2. The molecule has 2 unspecified atom stereocenters. The molecular weight excluding hydrogens is 179 g/mol. The van der Waals surface area contributed by atoms with Gasteiger partial charge in [-0.15, -0.1) is 0 Å². The normalized spacial score (nSPS) is 26.4. The van der Waals surface area contributed by atoms with Crippen molar-refractivity contribution in [2.75, 3.05) is 0 Å². The Kier molecular flexibility index (Phi) is 2.83. The van der Waals surface area contributed by atoms with Gasteiger partial charge in [0, 0.05) is 6.04 Å². The van der Waals surface area contributed by atoms with E-state index in [0.29, 0.717) is 6.42 Å². The van der Waals surface area contributed by atoms with Crippen molar-refractivity contribution < 1.29 is 10.0 Å². The van der Waals surface area contributed by atoms with Crippen molar-refractivity contribution in [1.29, 1.82) is 0 Å². The zero-order chi connectivity index (χ0) is 9.97. The van der Waals surface area contributed by atoms with Crippen molar-refractivity contribution in [3.05, 3.63) is 35.9 Å². The van der Waals surface area contributed by atoms with Gasteiger partial charge in [-0.25, -0.2) is 0 Å².